The molecule has 0 saturated carbocycles. The molecule has 0 aliphatic carbocycles. The minimum atomic E-state index is -0.271. The molecule has 1 nitrogen and oxygen atoms in total. The highest BCUT2D eigenvalue weighted by Gasteiger charge is 2.27. The minimum absolute atomic E-state index is 0.0152. The molecule has 0 aromatic rings. The van der Waals surface area contributed by atoms with Crippen molar-refractivity contribution in [3.05, 3.63) is 0 Å². The Morgan fingerprint density at radius 1 is 0.778 bits per heavy atom. The lowest BCUT2D eigenvalue weighted by atomic mass is 9.86. The van der Waals surface area contributed by atoms with Gasteiger partial charge in [-0.3, -0.25) is 0 Å². The van der Waals surface area contributed by atoms with Crippen LogP contribution in [-0.2, 0) is 4.43 Å². The van der Waals surface area contributed by atoms with E-state index in [1.54, 1.807) is 0 Å². The Morgan fingerprint density at radius 3 is 1.67 bits per heavy atom. The molecule has 0 spiro atoms. The van der Waals surface area contributed by atoms with E-state index in [1.807, 2.05) is 7.11 Å². The summed E-state index contributed by atoms with van der Waals surface area (Å²) < 4.78 is 5.27. The van der Waals surface area contributed by atoms with Crippen molar-refractivity contribution in [2.75, 3.05) is 7.11 Å². The Kier molecular flexibility index (Phi) is 20.1. The van der Waals surface area contributed by atoms with E-state index in [9.17, 15) is 0 Å². The summed E-state index contributed by atoms with van der Waals surface area (Å²) in [7, 11) is 1.57. The number of rotatable bonds is 21. The molecule has 0 fully saturated rings. The molecule has 0 aromatic heterocycles. The average molecular weight is 419 g/mol. The van der Waals surface area contributed by atoms with Crippen molar-refractivity contribution in [2.24, 2.45) is 5.92 Å². The summed E-state index contributed by atoms with van der Waals surface area (Å²) in [5.41, 5.74) is 0. The van der Waals surface area contributed by atoms with Crippen molar-refractivity contribution >= 4 is 21.4 Å². The first kappa shape index (κ1) is 27.5. The zero-order valence-electron chi connectivity index (χ0n) is 19.3. The maximum absolute atomic E-state index is 6.80. The van der Waals surface area contributed by atoms with Crippen LogP contribution in [-0.4, -0.2) is 21.7 Å². The van der Waals surface area contributed by atoms with Gasteiger partial charge < -0.3 is 4.43 Å². The van der Waals surface area contributed by atoms with Gasteiger partial charge in [0.25, 0.3) is 0 Å². The zero-order valence-corrected chi connectivity index (χ0v) is 21.5. The summed E-state index contributed by atoms with van der Waals surface area (Å²) in [4.78, 5) is -0.0152. The van der Waals surface area contributed by atoms with E-state index in [-0.39, 0.29) is 14.6 Å². The number of halogens is 1. The van der Waals surface area contributed by atoms with Crippen molar-refractivity contribution < 1.29 is 4.43 Å². The molecule has 0 aliphatic rings. The Morgan fingerprint density at radius 2 is 1.22 bits per heavy atom. The first-order valence-corrected chi connectivity index (χ1v) is 14.2. The topological polar surface area (TPSA) is 9.23 Å². The molecule has 2 atom stereocenters. The lowest BCUT2D eigenvalue weighted by Crippen LogP contribution is -2.26. The number of hydrogen-bond donors (Lipinski definition) is 0. The van der Waals surface area contributed by atoms with Gasteiger partial charge >= 0.3 is 0 Å². The molecule has 2 unspecified atom stereocenters. The number of alkyl halides is 1. The Balaban J connectivity index is 3.37. The predicted octanol–water partition coefficient (Wildman–Crippen LogP) is 8.42. The van der Waals surface area contributed by atoms with Crippen LogP contribution in [0.5, 0.6) is 0 Å². The normalized spacial score (nSPS) is 15.4. The summed E-state index contributed by atoms with van der Waals surface area (Å²) in [5, 5.41) is 0. The molecule has 3 heteroatoms. The Hall–Kier alpha value is 0.467. The molecular formula is C24H51ClOSi. The van der Waals surface area contributed by atoms with Crippen LogP contribution in [0.25, 0.3) is 0 Å². The van der Waals surface area contributed by atoms with Crippen LogP contribution in [0.2, 0.25) is 6.04 Å². The van der Waals surface area contributed by atoms with Crippen molar-refractivity contribution in [1.82, 2.24) is 0 Å². The van der Waals surface area contributed by atoms with Crippen molar-refractivity contribution in [1.29, 1.82) is 0 Å². The zero-order chi connectivity index (χ0) is 20.2. The first-order valence-electron chi connectivity index (χ1n) is 12.2. The Labute approximate surface area is 179 Å². The van der Waals surface area contributed by atoms with E-state index in [2.05, 4.69) is 20.8 Å². The van der Waals surface area contributed by atoms with Crippen molar-refractivity contribution in [3.8, 4) is 0 Å². The minimum Gasteiger partial charge on any atom is -0.427 e. The van der Waals surface area contributed by atoms with Crippen LogP contribution in [0.3, 0.4) is 0 Å². The summed E-state index contributed by atoms with van der Waals surface area (Å²) in [6.07, 6.45) is 23.7. The summed E-state index contributed by atoms with van der Waals surface area (Å²) in [5.74, 6) is 0.626. The smallest absolute Gasteiger partial charge is 0.161 e. The van der Waals surface area contributed by atoms with Gasteiger partial charge in [-0.15, -0.1) is 11.6 Å². The highest BCUT2D eigenvalue weighted by Crippen LogP contribution is 2.34. The maximum atomic E-state index is 6.80. The fourth-order valence-electron chi connectivity index (χ4n) is 3.91. The number of unbranched alkanes of at least 4 members (excludes halogenated alkanes) is 13. The first-order chi connectivity index (χ1) is 13.0. The molecule has 164 valence electrons. The summed E-state index contributed by atoms with van der Waals surface area (Å²) in [6, 6.07) is 1.27. The highest BCUT2D eigenvalue weighted by atomic mass is 35.5. The molecule has 0 rings (SSSR count). The summed E-state index contributed by atoms with van der Waals surface area (Å²) in [6.45, 7) is 6.89. The van der Waals surface area contributed by atoms with Gasteiger partial charge in [0.1, 0.15) is 0 Å². The van der Waals surface area contributed by atoms with Gasteiger partial charge in [0, 0.05) is 12.0 Å². The average Bonchev–Trinajstić information content (AvgIpc) is 2.65. The Bertz CT molecular complexity index is 296. The van der Waals surface area contributed by atoms with Gasteiger partial charge in [-0.25, -0.2) is 0 Å². The van der Waals surface area contributed by atoms with Crippen molar-refractivity contribution in [3.63, 3.8) is 0 Å². The third-order valence-electron chi connectivity index (χ3n) is 6.28. The van der Waals surface area contributed by atoms with Crippen LogP contribution in [0.1, 0.15) is 130 Å². The van der Waals surface area contributed by atoms with E-state index < -0.39 is 0 Å². The van der Waals surface area contributed by atoms with Crippen LogP contribution in [0.4, 0.5) is 0 Å². The SMILES string of the molecule is CCCCCCCCCCCCCCCCC(C)C(C)(Cl)CCC[SiH2]OC. The van der Waals surface area contributed by atoms with Gasteiger partial charge in [-0.05, 0) is 31.7 Å². The standard InChI is InChI=1S/C24H51ClOSi/c1-5-6-7-8-9-10-11-12-13-14-15-16-17-18-20-23(2)24(3,25)21-19-22-27-26-4/h23H,5-22,27H2,1-4H3. The summed E-state index contributed by atoms with van der Waals surface area (Å²) >= 11 is 6.80. The fraction of sp³-hybridized carbons (Fsp3) is 1.00. The van der Waals surface area contributed by atoms with E-state index in [4.69, 9.17) is 16.0 Å². The third kappa shape index (κ3) is 18.2. The third-order valence-corrected chi connectivity index (χ3v) is 8.04. The van der Waals surface area contributed by atoms with E-state index in [0.29, 0.717) is 5.92 Å². The van der Waals surface area contributed by atoms with Crippen LogP contribution >= 0.6 is 11.6 Å². The van der Waals surface area contributed by atoms with Gasteiger partial charge in [0.05, 0.1) is 0 Å². The molecule has 0 amide bonds. The fourth-order valence-corrected chi connectivity index (χ4v) is 4.90. The van der Waals surface area contributed by atoms with Crippen LogP contribution in [0, 0.1) is 5.92 Å². The lowest BCUT2D eigenvalue weighted by Gasteiger charge is -2.29. The second kappa shape index (κ2) is 19.8. The molecule has 0 N–H and O–H groups in total. The van der Waals surface area contributed by atoms with E-state index in [1.165, 1.54) is 109 Å². The van der Waals surface area contributed by atoms with Crippen LogP contribution in [0.15, 0.2) is 0 Å². The largest absolute Gasteiger partial charge is 0.427 e. The van der Waals surface area contributed by atoms with Gasteiger partial charge in [0.2, 0.25) is 0 Å². The van der Waals surface area contributed by atoms with E-state index >= 15 is 0 Å². The molecule has 0 heterocycles. The lowest BCUT2D eigenvalue weighted by molar-refractivity contribution is 0.356. The maximum Gasteiger partial charge on any atom is 0.161 e. The van der Waals surface area contributed by atoms with Gasteiger partial charge in [-0.1, -0.05) is 110 Å². The second-order valence-electron chi connectivity index (χ2n) is 9.01. The molecule has 0 bridgehead atoms. The molecule has 0 aromatic carbocycles. The monoisotopic (exact) mass is 418 g/mol. The van der Waals surface area contributed by atoms with Crippen LogP contribution < -0.4 is 0 Å². The van der Waals surface area contributed by atoms with Gasteiger partial charge in [0.15, 0.2) is 9.76 Å². The molecule has 27 heavy (non-hydrogen) atoms. The highest BCUT2D eigenvalue weighted by molar-refractivity contribution is 6.27. The molecule has 0 aliphatic heterocycles. The van der Waals surface area contributed by atoms with Gasteiger partial charge in [-0.2, -0.15) is 0 Å². The molecular weight excluding hydrogens is 368 g/mol. The van der Waals surface area contributed by atoms with E-state index in [0.717, 1.165) is 6.42 Å². The quantitative estimate of drug-likeness (QED) is 0.103. The predicted molar refractivity (Wildman–Crippen MR) is 128 cm³/mol. The van der Waals surface area contributed by atoms with Crippen molar-refractivity contribution in [2.45, 2.75) is 141 Å². The molecule has 0 radical (unpaired) electrons. The molecule has 0 saturated heterocycles. The number of hydrogen-bond acceptors (Lipinski definition) is 1. The second-order valence-corrected chi connectivity index (χ2v) is 11.6.